The van der Waals surface area contributed by atoms with Gasteiger partial charge in [-0.15, -0.1) is 0 Å². The molecule has 1 aromatic carbocycles. The van der Waals surface area contributed by atoms with Gasteiger partial charge in [0, 0.05) is 38.7 Å². The molecule has 0 bridgehead atoms. The zero-order chi connectivity index (χ0) is 24.6. The molecule has 1 amide bonds. The fourth-order valence-corrected chi connectivity index (χ4v) is 4.92. The average Bonchev–Trinajstić information content (AvgIpc) is 3.53. The molecule has 1 saturated heterocycles. The highest BCUT2D eigenvalue weighted by Gasteiger charge is 2.40. The van der Waals surface area contributed by atoms with Gasteiger partial charge in [0.15, 0.2) is 5.54 Å². The van der Waals surface area contributed by atoms with E-state index >= 15 is 0 Å². The van der Waals surface area contributed by atoms with Crippen molar-refractivity contribution in [2.45, 2.75) is 63.4 Å². The second-order valence-electron chi connectivity index (χ2n) is 10.0. The summed E-state index contributed by atoms with van der Waals surface area (Å²) < 4.78 is 47.9. The van der Waals surface area contributed by atoms with Crippen molar-refractivity contribution < 1.29 is 22.7 Å². The lowest BCUT2D eigenvalue weighted by atomic mass is 9.98. The molecule has 1 N–H and O–H groups in total. The highest BCUT2D eigenvalue weighted by molar-refractivity contribution is 6.01. The highest BCUT2D eigenvalue weighted by atomic mass is 19.4. The SMILES string of the molecule is CC1(C(=O)NCCC2CC2)Cn2cccc2C(N2CCC(Oc3ccccc3C(F)(F)F)CC2)=N1. The number of halogens is 3. The minimum Gasteiger partial charge on any atom is -0.490 e. The van der Waals surface area contributed by atoms with E-state index in [4.69, 9.17) is 9.73 Å². The minimum atomic E-state index is -4.46. The summed E-state index contributed by atoms with van der Waals surface area (Å²) >= 11 is 0. The summed E-state index contributed by atoms with van der Waals surface area (Å²) in [5.41, 5.74) is -0.709. The third kappa shape index (κ3) is 5.18. The summed E-state index contributed by atoms with van der Waals surface area (Å²) in [5, 5.41) is 3.07. The Labute approximate surface area is 203 Å². The average molecular weight is 489 g/mol. The Balaban J connectivity index is 1.27. The third-order valence-electron chi connectivity index (χ3n) is 7.14. The van der Waals surface area contributed by atoms with Crippen molar-refractivity contribution in [1.82, 2.24) is 14.8 Å². The number of likely N-dealkylation sites (tertiary alicyclic amines) is 1. The number of ether oxygens (including phenoxy) is 1. The molecule has 9 heteroatoms. The highest BCUT2D eigenvalue weighted by Crippen LogP contribution is 2.37. The first-order valence-corrected chi connectivity index (χ1v) is 12.3. The van der Waals surface area contributed by atoms with Gasteiger partial charge in [0.05, 0.1) is 17.8 Å². The molecule has 3 aliphatic rings. The molecule has 1 aromatic heterocycles. The second kappa shape index (κ2) is 9.24. The number of nitrogens with zero attached hydrogens (tertiary/aromatic N) is 3. The molecular formula is C26H31F3N4O2. The Bertz CT molecular complexity index is 1100. The van der Waals surface area contributed by atoms with E-state index in [1.165, 1.54) is 25.0 Å². The van der Waals surface area contributed by atoms with Crippen LogP contribution in [-0.2, 0) is 17.5 Å². The van der Waals surface area contributed by atoms with Crippen LogP contribution < -0.4 is 10.1 Å². The van der Waals surface area contributed by atoms with Crippen molar-refractivity contribution in [2.75, 3.05) is 19.6 Å². The molecule has 2 aromatic rings. The first-order chi connectivity index (χ1) is 16.7. The Morgan fingerprint density at radius 1 is 1.14 bits per heavy atom. The van der Waals surface area contributed by atoms with Crippen LogP contribution >= 0.6 is 0 Å². The van der Waals surface area contributed by atoms with E-state index in [-0.39, 0.29) is 17.8 Å². The van der Waals surface area contributed by atoms with Gasteiger partial charge in [0.1, 0.15) is 17.7 Å². The first kappa shape index (κ1) is 23.8. The number of hydrogen-bond acceptors (Lipinski definition) is 4. The summed E-state index contributed by atoms with van der Waals surface area (Å²) in [6.45, 7) is 4.18. The van der Waals surface area contributed by atoms with Gasteiger partial charge in [-0.1, -0.05) is 25.0 Å². The molecule has 1 aliphatic carbocycles. The van der Waals surface area contributed by atoms with Crippen LogP contribution in [0.1, 0.15) is 50.3 Å². The standard InChI is InChI=1S/C26H31F3N4O2/c1-25(24(34)30-13-10-18-8-9-18)17-33-14-4-6-21(33)23(31-25)32-15-11-19(12-16-32)35-22-7-3-2-5-20(22)26(27,28)29/h2-7,14,18-19H,8-13,15-17H2,1H3,(H,30,34). The minimum absolute atomic E-state index is 0.0722. The van der Waals surface area contributed by atoms with Crippen LogP contribution in [0.4, 0.5) is 13.2 Å². The van der Waals surface area contributed by atoms with Crippen LogP contribution in [0.15, 0.2) is 47.6 Å². The maximum atomic E-state index is 13.3. The van der Waals surface area contributed by atoms with Crippen LogP contribution in [0.3, 0.4) is 0 Å². The van der Waals surface area contributed by atoms with Crippen LogP contribution in [0.2, 0.25) is 0 Å². The maximum absolute atomic E-state index is 13.3. The zero-order valence-electron chi connectivity index (χ0n) is 19.9. The largest absolute Gasteiger partial charge is 0.490 e. The van der Waals surface area contributed by atoms with E-state index in [1.54, 1.807) is 6.07 Å². The Morgan fingerprint density at radius 3 is 2.60 bits per heavy atom. The molecule has 188 valence electrons. The van der Waals surface area contributed by atoms with Crippen molar-refractivity contribution in [1.29, 1.82) is 0 Å². The van der Waals surface area contributed by atoms with Crippen molar-refractivity contribution >= 4 is 11.7 Å². The second-order valence-corrected chi connectivity index (χ2v) is 10.0. The van der Waals surface area contributed by atoms with Gasteiger partial charge in [-0.05, 0) is 43.5 Å². The summed E-state index contributed by atoms with van der Waals surface area (Å²) in [4.78, 5) is 20.1. The van der Waals surface area contributed by atoms with Crippen molar-refractivity contribution in [3.63, 3.8) is 0 Å². The lowest BCUT2D eigenvalue weighted by molar-refractivity contribution is -0.139. The van der Waals surface area contributed by atoms with Gasteiger partial charge in [-0.25, -0.2) is 4.99 Å². The molecule has 0 spiro atoms. The molecule has 1 unspecified atom stereocenters. The molecule has 35 heavy (non-hydrogen) atoms. The predicted octanol–water partition coefficient (Wildman–Crippen LogP) is 4.49. The molecule has 2 aliphatic heterocycles. The zero-order valence-corrected chi connectivity index (χ0v) is 19.9. The van der Waals surface area contributed by atoms with E-state index in [2.05, 4.69) is 14.8 Å². The lowest BCUT2D eigenvalue weighted by Crippen LogP contribution is -2.52. The van der Waals surface area contributed by atoms with Crippen molar-refractivity contribution in [2.24, 2.45) is 10.9 Å². The Hall–Kier alpha value is -2.97. The molecular weight excluding hydrogens is 457 g/mol. The number of amides is 1. The Kier molecular flexibility index (Phi) is 6.27. The van der Waals surface area contributed by atoms with Gasteiger partial charge >= 0.3 is 6.18 Å². The Morgan fingerprint density at radius 2 is 1.89 bits per heavy atom. The lowest BCUT2D eigenvalue weighted by Gasteiger charge is -2.39. The summed E-state index contributed by atoms with van der Waals surface area (Å²) in [5.74, 6) is 1.31. The number of hydrogen-bond donors (Lipinski definition) is 1. The van der Waals surface area contributed by atoms with Crippen LogP contribution in [0.25, 0.3) is 0 Å². The molecule has 6 nitrogen and oxygen atoms in total. The van der Waals surface area contributed by atoms with E-state index in [0.717, 1.165) is 29.9 Å². The summed E-state index contributed by atoms with van der Waals surface area (Å²) in [6.07, 6.45) is 1.84. The van der Waals surface area contributed by atoms with E-state index < -0.39 is 17.3 Å². The van der Waals surface area contributed by atoms with Gasteiger partial charge in [-0.2, -0.15) is 13.2 Å². The molecule has 1 atom stereocenters. The van der Waals surface area contributed by atoms with Crippen LogP contribution in [-0.4, -0.2) is 52.5 Å². The normalized spacial score (nSPS) is 23.0. The number of amidine groups is 1. The number of carbonyl (C=O) groups excluding carboxylic acids is 1. The third-order valence-corrected chi connectivity index (χ3v) is 7.14. The van der Waals surface area contributed by atoms with E-state index in [0.29, 0.717) is 39.0 Å². The number of benzene rings is 1. The molecule has 2 fully saturated rings. The molecule has 3 heterocycles. The number of aliphatic imine (C=N–C) groups is 1. The number of nitrogens with one attached hydrogen (secondary N) is 1. The number of fused-ring (bicyclic) bond motifs is 1. The number of alkyl halides is 3. The molecule has 5 rings (SSSR count). The summed E-state index contributed by atoms with van der Waals surface area (Å²) in [6, 6.07) is 9.29. The maximum Gasteiger partial charge on any atom is 0.419 e. The van der Waals surface area contributed by atoms with Gasteiger partial charge in [-0.3, -0.25) is 4.79 Å². The van der Waals surface area contributed by atoms with Gasteiger partial charge in [0.25, 0.3) is 0 Å². The van der Waals surface area contributed by atoms with Crippen molar-refractivity contribution in [3.05, 3.63) is 53.9 Å². The first-order valence-electron chi connectivity index (χ1n) is 12.3. The predicted molar refractivity (Wildman–Crippen MR) is 126 cm³/mol. The van der Waals surface area contributed by atoms with Crippen molar-refractivity contribution in [3.8, 4) is 5.75 Å². The number of carbonyl (C=O) groups is 1. The smallest absolute Gasteiger partial charge is 0.419 e. The topological polar surface area (TPSA) is 58.9 Å². The van der Waals surface area contributed by atoms with Crippen LogP contribution in [0.5, 0.6) is 5.75 Å². The van der Waals surface area contributed by atoms with Gasteiger partial charge < -0.3 is 19.5 Å². The monoisotopic (exact) mass is 488 g/mol. The number of para-hydroxylation sites is 1. The fraction of sp³-hybridized carbons (Fsp3) is 0.538. The number of piperidine rings is 1. The molecule has 1 saturated carbocycles. The number of aromatic nitrogens is 1. The fourth-order valence-electron chi connectivity index (χ4n) is 4.92. The number of rotatable bonds is 6. The van der Waals surface area contributed by atoms with Crippen LogP contribution in [0, 0.1) is 5.92 Å². The van der Waals surface area contributed by atoms with E-state index in [1.807, 2.05) is 25.3 Å². The van der Waals surface area contributed by atoms with Gasteiger partial charge in [0.2, 0.25) is 5.91 Å². The van der Waals surface area contributed by atoms with E-state index in [9.17, 15) is 18.0 Å². The molecule has 0 radical (unpaired) electrons. The quantitative estimate of drug-likeness (QED) is 0.652. The summed E-state index contributed by atoms with van der Waals surface area (Å²) in [7, 11) is 0.